The van der Waals surface area contributed by atoms with Crippen molar-refractivity contribution >= 4 is 23.2 Å². The number of nitrogens with zero attached hydrogens (tertiary/aromatic N) is 2. The Balaban J connectivity index is 1.19. The highest BCUT2D eigenvalue weighted by atomic mass is 35.5. The summed E-state index contributed by atoms with van der Waals surface area (Å²) in [6, 6.07) is 14.2. The number of carbonyl (C=O) groups is 1. The first-order valence-corrected chi connectivity index (χ1v) is 9.77. The van der Waals surface area contributed by atoms with Gasteiger partial charge in [-0.2, -0.15) is 4.98 Å². The van der Waals surface area contributed by atoms with Gasteiger partial charge in [-0.05, 0) is 55.3 Å². The fourth-order valence-electron chi connectivity index (χ4n) is 2.65. The Kier molecular flexibility index (Phi) is 5.95. The topological polar surface area (TPSA) is 86.5 Å². The van der Waals surface area contributed by atoms with Crippen molar-refractivity contribution in [1.29, 1.82) is 0 Å². The number of anilines is 1. The second-order valence-electron chi connectivity index (χ2n) is 6.74. The van der Waals surface area contributed by atoms with Crippen LogP contribution in [0.2, 0.25) is 5.02 Å². The lowest BCUT2D eigenvalue weighted by atomic mass is 10.3. The number of benzene rings is 2. The quantitative estimate of drug-likeness (QED) is 0.552. The molecule has 0 atom stereocenters. The van der Waals surface area contributed by atoms with E-state index in [1.807, 2.05) is 0 Å². The van der Waals surface area contributed by atoms with Crippen LogP contribution >= 0.6 is 11.6 Å². The lowest BCUT2D eigenvalue weighted by molar-refractivity contribution is -0.116. The number of ether oxygens (including phenoxy) is 2. The van der Waals surface area contributed by atoms with E-state index in [2.05, 4.69) is 15.5 Å². The van der Waals surface area contributed by atoms with Crippen molar-refractivity contribution < 1.29 is 18.8 Å². The summed E-state index contributed by atoms with van der Waals surface area (Å²) in [5.41, 5.74) is 0.681. The molecule has 1 heterocycles. The van der Waals surface area contributed by atoms with E-state index >= 15 is 0 Å². The molecule has 1 aromatic heterocycles. The zero-order valence-electron chi connectivity index (χ0n) is 15.6. The number of nitrogens with one attached hydrogen (secondary N) is 1. The maximum absolute atomic E-state index is 12.1. The zero-order chi connectivity index (χ0) is 20.1. The molecule has 1 fully saturated rings. The Bertz CT molecular complexity index is 970. The van der Waals surface area contributed by atoms with E-state index in [1.54, 1.807) is 48.5 Å². The first-order valence-electron chi connectivity index (χ1n) is 9.39. The van der Waals surface area contributed by atoms with Crippen LogP contribution < -0.4 is 14.8 Å². The third-order valence-electron chi connectivity index (χ3n) is 4.31. The van der Waals surface area contributed by atoms with Gasteiger partial charge in [0.05, 0.1) is 13.0 Å². The van der Waals surface area contributed by atoms with E-state index in [4.69, 9.17) is 25.6 Å². The van der Waals surface area contributed by atoms with Crippen molar-refractivity contribution in [1.82, 2.24) is 10.1 Å². The Morgan fingerprint density at radius 3 is 2.72 bits per heavy atom. The van der Waals surface area contributed by atoms with Gasteiger partial charge in [-0.1, -0.05) is 22.8 Å². The number of rotatable bonds is 9. The van der Waals surface area contributed by atoms with Gasteiger partial charge in [0.1, 0.15) is 11.5 Å². The molecular weight excluding hydrogens is 394 g/mol. The fraction of sp³-hybridized carbons (Fsp3) is 0.286. The summed E-state index contributed by atoms with van der Waals surface area (Å²) < 4.78 is 16.4. The van der Waals surface area contributed by atoms with Crippen molar-refractivity contribution in [3.63, 3.8) is 0 Å². The third kappa shape index (κ3) is 5.71. The molecule has 0 spiro atoms. The zero-order valence-corrected chi connectivity index (χ0v) is 16.4. The van der Waals surface area contributed by atoms with Crippen LogP contribution in [0.1, 0.15) is 36.9 Å². The monoisotopic (exact) mass is 413 g/mol. The van der Waals surface area contributed by atoms with Gasteiger partial charge >= 0.3 is 0 Å². The Morgan fingerprint density at radius 1 is 1.14 bits per heavy atom. The van der Waals surface area contributed by atoms with Crippen LogP contribution in [0.4, 0.5) is 5.69 Å². The molecule has 1 aliphatic rings. The third-order valence-corrected chi connectivity index (χ3v) is 4.55. The van der Waals surface area contributed by atoms with Crippen molar-refractivity contribution in [3.05, 3.63) is 65.3 Å². The molecule has 0 saturated heterocycles. The number of amides is 1. The number of hydrogen-bond donors (Lipinski definition) is 1. The highest BCUT2D eigenvalue weighted by molar-refractivity contribution is 6.30. The summed E-state index contributed by atoms with van der Waals surface area (Å²) in [6.07, 6.45) is 2.46. The maximum Gasteiger partial charge on any atom is 0.229 e. The van der Waals surface area contributed by atoms with Gasteiger partial charge in [0.2, 0.25) is 17.6 Å². The van der Waals surface area contributed by atoms with Gasteiger partial charge < -0.3 is 19.3 Å². The molecule has 8 heteroatoms. The van der Waals surface area contributed by atoms with Gasteiger partial charge in [-0.3, -0.25) is 4.79 Å². The van der Waals surface area contributed by atoms with Gasteiger partial charge in [0.25, 0.3) is 0 Å². The normalized spacial score (nSPS) is 13.1. The lowest BCUT2D eigenvalue weighted by Crippen LogP contribution is -2.15. The molecule has 1 saturated carbocycles. The molecule has 150 valence electrons. The smallest absolute Gasteiger partial charge is 0.229 e. The Labute approximate surface area is 173 Å². The van der Waals surface area contributed by atoms with Gasteiger partial charge in [-0.25, -0.2) is 0 Å². The summed E-state index contributed by atoms with van der Waals surface area (Å²) in [4.78, 5) is 16.4. The molecule has 1 amide bonds. The minimum Gasteiger partial charge on any atom is -0.493 e. The largest absolute Gasteiger partial charge is 0.493 e. The van der Waals surface area contributed by atoms with Crippen LogP contribution in [-0.2, 0) is 11.4 Å². The van der Waals surface area contributed by atoms with E-state index in [0.29, 0.717) is 39.8 Å². The van der Waals surface area contributed by atoms with Crippen LogP contribution in [0.15, 0.2) is 53.1 Å². The molecule has 0 bridgehead atoms. The number of halogens is 1. The van der Waals surface area contributed by atoms with Crippen LogP contribution in [-0.4, -0.2) is 22.7 Å². The van der Waals surface area contributed by atoms with Crippen molar-refractivity contribution in [2.45, 2.75) is 31.8 Å². The molecule has 29 heavy (non-hydrogen) atoms. The SMILES string of the molecule is O=C(CCOc1cccc(Cl)c1)Nc1ccc(OCc2noc(C3CC3)n2)cc1. The lowest BCUT2D eigenvalue weighted by Gasteiger charge is -2.08. The highest BCUT2D eigenvalue weighted by Crippen LogP contribution is 2.38. The predicted molar refractivity (Wildman–Crippen MR) is 107 cm³/mol. The van der Waals surface area contributed by atoms with Gasteiger partial charge in [-0.15, -0.1) is 0 Å². The molecule has 3 aromatic rings. The summed E-state index contributed by atoms with van der Waals surface area (Å²) in [5, 5.41) is 7.33. The predicted octanol–water partition coefficient (Wildman–Crippen LogP) is 4.59. The first-order chi connectivity index (χ1) is 14.2. The summed E-state index contributed by atoms with van der Waals surface area (Å²) in [7, 11) is 0. The van der Waals surface area contributed by atoms with Crippen LogP contribution in [0, 0.1) is 0 Å². The molecule has 0 unspecified atom stereocenters. The van der Waals surface area contributed by atoms with Crippen LogP contribution in [0.25, 0.3) is 0 Å². The average Bonchev–Trinajstić information content (AvgIpc) is 3.46. The van der Waals surface area contributed by atoms with Crippen LogP contribution in [0.3, 0.4) is 0 Å². The van der Waals surface area contributed by atoms with Crippen molar-refractivity contribution in [3.8, 4) is 11.5 Å². The second kappa shape index (κ2) is 8.96. The molecule has 0 radical (unpaired) electrons. The number of carbonyl (C=O) groups excluding carboxylic acids is 1. The van der Waals surface area contributed by atoms with Crippen molar-refractivity contribution in [2.24, 2.45) is 0 Å². The summed E-state index contributed by atoms with van der Waals surface area (Å²) in [5.74, 6) is 2.81. The van der Waals surface area contributed by atoms with Gasteiger partial charge in [0.15, 0.2) is 6.61 Å². The van der Waals surface area contributed by atoms with Crippen LogP contribution in [0.5, 0.6) is 11.5 Å². The van der Waals surface area contributed by atoms with E-state index in [1.165, 1.54) is 0 Å². The highest BCUT2D eigenvalue weighted by Gasteiger charge is 2.29. The first kappa shape index (κ1) is 19.3. The van der Waals surface area contributed by atoms with E-state index in [9.17, 15) is 4.79 Å². The fourth-order valence-corrected chi connectivity index (χ4v) is 2.83. The number of aromatic nitrogens is 2. The molecule has 7 nitrogen and oxygen atoms in total. The summed E-state index contributed by atoms with van der Waals surface area (Å²) in [6.45, 7) is 0.504. The minimum absolute atomic E-state index is 0.139. The average molecular weight is 414 g/mol. The second-order valence-corrected chi connectivity index (χ2v) is 7.18. The molecular formula is C21H20ClN3O4. The summed E-state index contributed by atoms with van der Waals surface area (Å²) >= 11 is 5.90. The standard InChI is InChI=1S/C21H20ClN3O4/c22-15-2-1-3-18(12-15)27-11-10-20(26)23-16-6-8-17(9-7-16)28-13-19-24-21(29-25-19)14-4-5-14/h1-3,6-9,12,14H,4-5,10-11,13H2,(H,23,26). The van der Waals surface area contributed by atoms with Gasteiger partial charge in [0, 0.05) is 16.6 Å². The van der Waals surface area contributed by atoms with Crippen molar-refractivity contribution in [2.75, 3.05) is 11.9 Å². The minimum atomic E-state index is -0.139. The Morgan fingerprint density at radius 2 is 1.97 bits per heavy atom. The Hall–Kier alpha value is -3.06. The molecule has 1 aliphatic carbocycles. The molecule has 2 aromatic carbocycles. The number of hydrogen-bond acceptors (Lipinski definition) is 6. The maximum atomic E-state index is 12.1. The molecule has 0 aliphatic heterocycles. The van der Waals surface area contributed by atoms with E-state index in [0.717, 1.165) is 12.8 Å². The molecule has 1 N–H and O–H groups in total. The van der Waals surface area contributed by atoms with E-state index in [-0.39, 0.29) is 25.5 Å². The molecule has 4 rings (SSSR count). The van der Waals surface area contributed by atoms with E-state index < -0.39 is 0 Å².